The molecule has 0 amide bonds. The van der Waals surface area contributed by atoms with E-state index >= 15 is 0 Å². The van der Waals surface area contributed by atoms with Crippen LogP contribution in [0.1, 0.15) is 66.2 Å². The van der Waals surface area contributed by atoms with E-state index in [0.29, 0.717) is 6.54 Å². The Balaban J connectivity index is 2.70. The zero-order valence-corrected chi connectivity index (χ0v) is 17.5. The number of ether oxygens (including phenoxy) is 1. The minimum atomic E-state index is -0.680. The first-order valence-corrected chi connectivity index (χ1v) is 11.0. The molecule has 0 bridgehead atoms. The molecule has 0 unspecified atom stereocenters. The van der Waals surface area contributed by atoms with Crippen LogP contribution in [0.2, 0.25) is 0 Å². The molecule has 0 radical (unpaired) electrons. The molecule has 5 nitrogen and oxygen atoms in total. The van der Waals surface area contributed by atoms with E-state index in [9.17, 15) is 5.11 Å². The maximum atomic E-state index is 10.8. The fraction of sp³-hybridized carbons (Fsp3) is 0.947. The lowest BCUT2D eigenvalue weighted by molar-refractivity contribution is 0.0306. The molecule has 25 heavy (non-hydrogen) atoms. The zero-order valence-electron chi connectivity index (χ0n) is 16.7. The fourth-order valence-electron chi connectivity index (χ4n) is 3.45. The van der Waals surface area contributed by atoms with Gasteiger partial charge in [-0.1, -0.05) is 33.6 Å². The molecular weight excluding hydrogens is 334 g/mol. The minimum absolute atomic E-state index is 0.229. The van der Waals surface area contributed by atoms with Gasteiger partial charge < -0.3 is 20.5 Å². The topological polar surface area (TPSA) is 65.9 Å². The van der Waals surface area contributed by atoms with Crippen LogP contribution in [-0.2, 0) is 4.74 Å². The molecule has 0 aromatic heterocycles. The van der Waals surface area contributed by atoms with Gasteiger partial charge in [-0.2, -0.15) is 11.8 Å². The van der Waals surface area contributed by atoms with Gasteiger partial charge in [0.1, 0.15) is 0 Å². The number of thioether (sulfide) groups is 1. The van der Waals surface area contributed by atoms with Gasteiger partial charge in [0.25, 0.3) is 0 Å². The lowest BCUT2D eigenvalue weighted by Crippen LogP contribution is -2.48. The Morgan fingerprint density at radius 3 is 2.28 bits per heavy atom. The molecule has 0 saturated carbocycles. The molecular formula is C19H39N3O2S. The average molecular weight is 374 g/mol. The first-order chi connectivity index (χ1) is 12.0. The van der Waals surface area contributed by atoms with Crippen LogP contribution >= 0.6 is 11.8 Å². The van der Waals surface area contributed by atoms with Crippen molar-refractivity contribution >= 4 is 17.7 Å². The second-order valence-corrected chi connectivity index (χ2v) is 8.73. The van der Waals surface area contributed by atoms with E-state index < -0.39 is 5.60 Å². The summed E-state index contributed by atoms with van der Waals surface area (Å²) in [6, 6.07) is 0. The second-order valence-electron chi connectivity index (χ2n) is 7.00. The quantitative estimate of drug-likeness (QED) is 0.383. The molecule has 0 spiro atoms. The van der Waals surface area contributed by atoms with Gasteiger partial charge in [-0.3, -0.25) is 4.99 Å². The van der Waals surface area contributed by atoms with Crippen LogP contribution in [0, 0.1) is 0 Å². The highest BCUT2D eigenvalue weighted by molar-refractivity contribution is 8.00. The number of hydrogen-bond acceptors (Lipinski definition) is 4. The van der Waals surface area contributed by atoms with E-state index in [1.165, 1.54) is 0 Å². The average Bonchev–Trinajstić information content (AvgIpc) is 2.59. The smallest absolute Gasteiger partial charge is 0.191 e. The van der Waals surface area contributed by atoms with E-state index in [-0.39, 0.29) is 4.75 Å². The zero-order chi connectivity index (χ0) is 18.6. The summed E-state index contributed by atoms with van der Waals surface area (Å²) >= 11 is 2.02. The Kier molecular flexibility index (Phi) is 10.9. The third-order valence-electron chi connectivity index (χ3n) is 4.74. The van der Waals surface area contributed by atoms with E-state index in [0.717, 1.165) is 76.5 Å². The van der Waals surface area contributed by atoms with Crippen molar-refractivity contribution in [2.75, 3.05) is 38.6 Å². The van der Waals surface area contributed by atoms with Crippen molar-refractivity contribution in [3.05, 3.63) is 0 Å². The summed E-state index contributed by atoms with van der Waals surface area (Å²) in [7, 11) is 0. The van der Waals surface area contributed by atoms with Crippen LogP contribution in [0.3, 0.4) is 0 Å². The van der Waals surface area contributed by atoms with E-state index in [1.54, 1.807) is 0 Å². The Labute approximate surface area is 158 Å². The molecule has 1 aliphatic rings. The van der Waals surface area contributed by atoms with Crippen molar-refractivity contribution in [2.45, 2.75) is 76.6 Å². The molecule has 1 rings (SSSR count). The van der Waals surface area contributed by atoms with E-state index in [2.05, 4.69) is 38.3 Å². The van der Waals surface area contributed by atoms with Gasteiger partial charge in [0, 0.05) is 31.1 Å². The van der Waals surface area contributed by atoms with Crippen LogP contribution in [0.5, 0.6) is 0 Å². The number of nitrogens with zero attached hydrogens (tertiary/aromatic N) is 1. The van der Waals surface area contributed by atoms with Crippen LogP contribution in [-0.4, -0.2) is 60.0 Å². The number of guanidine groups is 1. The third-order valence-corrected chi connectivity index (χ3v) is 6.19. The number of rotatable bonds is 11. The van der Waals surface area contributed by atoms with Crippen molar-refractivity contribution in [3.8, 4) is 0 Å². The van der Waals surface area contributed by atoms with Crippen LogP contribution in [0.15, 0.2) is 4.99 Å². The standard InChI is InChI=1S/C19H39N3O2S/c1-5-9-18(23,10-6-2)15-21-17(20-7-3)22-16-19(25-8-4)11-13-24-14-12-19/h23H,5-16H2,1-4H3,(H2,20,21,22). The molecule has 1 saturated heterocycles. The molecule has 0 atom stereocenters. The third kappa shape index (κ3) is 8.18. The molecule has 0 aromatic carbocycles. The van der Waals surface area contributed by atoms with Gasteiger partial charge in [0.05, 0.1) is 12.1 Å². The van der Waals surface area contributed by atoms with Gasteiger partial charge in [0.15, 0.2) is 5.96 Å². The van der Waals surface area contributed by atoms with Crippen LogP contribution in [0.25, 0.3) is 0 Å². The van der Waals surface area contributed by atoms with Crippen molar-refractivity contribution < 1.29 is 9.84 Å². The van der Waals surface area contributed by atoms with Gasteiger partial charge in [0.2, 0.25) is 0 Å². The molecule has 6 heteroatoms. The molecule has 1 aliphatic heterocycles. The van der Waals surface area contributed by atoms with Gasteiger partial charge in [-0.15, -0.1) is 0 Å². The van der Waals surface area contributed by atoms with Crippen molar-refractivity contribution in [1.82, 2.24) is 10.6 Å². The lowest BCUT2D eigenvalue weighted by atomic mass is 9.93. The monoisotopic (exact) mass is 373 g/mol. The molecule has 3 N–H and O–H groups in total. The summed E-state index contributed by atoms with van der Waals surface area (Å²) in [5.74, 6) is 1.93. The van der Waals surface area contributed by atoms with E-state index in [1.807, 2.05) is 11.8 Å². The van der Waals surface area contributed by atoms with Crippen LogP contribution < -0.4 is 10.6 Å². The highest BCUT2D eigenvalue weighted by atomic mass is 32.2. The molecule has 0 aromatic rings. The first-order valence-electron chi connectivity index (χ1n) is 9.99. The Bertz CT molecular complexity index is 373. The summed E-state index contributed by atoms with van der Waals surface area (Å²) < 4.78 is 5.78. The Morgan fingerprint density at radius 2 is 1.76 bits per heavy atom. The fourth-order valence-corrected chi connectivity index (χ4v) is 4.69. The summed E-state index contributed by atoms with van der Waals surface area (Å²) in [5, 5.41) is 17.6. The second kappa shape index (κ2) is 12.0. The predicted octanol–water partition coefficient (Wildman–Crippen LogP) is 3.18. The normalized spacial score (nSPS) is 18.2. The summed E-state index contributed by atoms with van der Waals surface area (Å²) in [6.07, 6.45) is 5.72. The molecule has 0 aliphatic carbocycles. The summed E-state index contributed by atoms with van der Waals surface area (Å²) in [4.78, 5) is 4.70. The Hall–Kier alpha value is -0.460. The largest absolute Gasteiger partial charge is 0.388 e. The number of aliphatic hydroxyl groups is 1. The highest BCUT2D eigenvalue weighted by Crippen LogP contribution is 2.34. The predicted molar refractivity (Wildman–Crippen MR) is 110 cm³/mol. The van der Waals surface area contributed by atoms with Crippen molar-refractivity contribution in [3.63, 3.8) is 0 Å². The Morgan fingerprint density at radius 1 is 1.12 bits per heavy atom. The lowest BCUT2D eigenvalue weighted by Gasteiger charge is -2.37. The minimum Gasteiger partial charge on any atom is -0.388 e. The maximum Gasteiger partial charge on any atom is 0.191 e. The van der Waals surface area contributed by atoms with Crippen LogP contribution in [0.4, 0.5) is 0 Å². The molecule has 148 valence electrons. The number of hydrogen-bond donors (Lipinski definition) is 3. The first kappa shape index (κ1) is 22.6. The van der Waals surface area contributed by atoms with Gasteiger partial charge >= 0.3 is 0 Å². The van der Waals surface area contributed by atoms with Gasteiger partial charge in [-0.05, 0) is 38.4 Å². The number of aliphatic imine (C=N–C) groups is 1. The molecule has 1 heterocycles. The number of nitrogens with one attached hydrogen (secondary N) is 2. The summed E-state index contributed by atoms with van der Waals surface area (Å²) in [6.45, 7) is 12.4. The maximum absolute atomic E-state index is 10.8. The van der Waals surface area contributed by atoms with E-state index in [4.69, 9.17) is 9.73 Å². The van der Waals surface area contributed by atoms with Crippen molar-refractivity contribution in [1.29, 1.82) is 0 Å². The summed E-state index contributed by atoms with van der Waals surface area (Å²) in [5.41, 5.74) is -0.680. The van der Waals surface area contributed by atoms with Crippen molar-refractivity contribution in [2.24, 2.45) is 4.99 Å². The molecule has 1 fully saturated rings. The van der Waals surface area contributed by atoms with Gasteiger partial charge in [-0.25, -0.2) is 0 Å². The highest BCUT2D eigenvalue weighted by Gasteiger charge is 2.33. The SMILES string of the molecule is CCCC(O)(CCC)CN=C(NCC)NCC1(SCC)CCOCC1.